The molecule has 1 aromatic heterocycles. The molecule has 1 rings (SSSR count). The Bertz CT molecular complexity index is 271. The first-order chi connectivity index (χ1) is 7.16. The molecule has 3 heteroatoms. The molecule has 2 unspecified atom stereocenters. The Morgan fingerprint density at radius 3 is 2.60 bits per heavy atom. The van der Waals surface area contributed by atoms with E-state index in [-0.39, 0.29) is 6.04 Å². The van der Waals surface area contributed by atoms with Gasteiger partial charge in [0.1, 0.15) is 0 Å². The van der Waals surface area contributed by atoms with E-state index in [0.29, 0.717) is 11.8 Å². The van der Waals surface area contributed by atoms with Crippen molar-refractivity contribution < 1.29 is 0 Å². The van der Waals surface area contributed by atoms with E-state index in [0.717, 1.165) is 12.2 Å². The summed E-state index contributed by atoms with van der Waals surface area (Å²) in [6.45, 7) is 5.32. The van der Waals surface area contributed by atoms with Crippen LogP contribution in [0.5, 0.6) is 0 Å². The van der Waals surface area contributed by atoms with E-state index in [9.17, 15) is 0 Å². The van der Waals surface area contributed by atoms with Gasteiger partial charge in [-0.2, -0.15) is 0 Å². The fourth-order valence-corrected chi connectivity index (χ4v) is 1.81. The summed E-state index contributed by atoms with van der Waals surface area (Å²) in [5, 5.41) is 3.19. The van der Waals surface area contributed by atoms with Gasteiger partial charge in [-0.25, -0.2) is 0 Å². The number of nitrogens with two attached hydrogens (primary N) is 1. The van der Waals surface area contributed by atoms with Crippen molar-refractivity contribution in [1.82, 2.24) is 10.3 Å². The molecule has 1 heterocycles. The van der Waals surface area contributed by atoms with Gasteiger partial charge in [-0.15, -0.1) is 0 Å². The average molecular weight is 207 g/mol. The van der Waals surface area contributed by atoms with Crippen LogP contribution < -0.4 is 11.1 Å². The molecule has 1 aromatic rings. The highest BCUT2D eigenvalue weighted by molar-refractivity contribution is 5.09. The molecule has 0 aliphatic carbocycles. The van der Waals surface area contributed by atoms with Gasteiger partial charge < -0.3 is 11.1 Å². The Labute approximate surface area is 92.1 Å². The van der Waals surface area contributed by atoms with Crippen LogP contribution in [0.1, 0.15) is 25.6 Å². The summed E-state index contributed by atoms with van der Waals surface area (Å²) in [6, 6.07) is 5.91. The van der Waals surface area contributed by atoms with Gasteiger partial charge in [0.05, 0.1) is 11.7 Å². The lowest BCUT2D eigenvalue weighted by Crippen LogP contribution is -2.33. The summed E-state index contributed by atoms with van der Waals surface area (Å²) in [5.74, 6) is 0.972. The van der Waals surface area contributed by atoms with Crippen LogP contribution in [0.4, 0.5) is 0 Å². The normalized spacial score (nSPS) is 15.3. The number of nitrogens with zero attached hydrogens (tertiary/aromatic N) is 1. The molecule has 0 aliphatic heterocycles. The second-order valence-electron chi connectivity index (χ2n) is 4.25. The number of nitrogens with one attached hydrogen (secondary N) is 1. The molecule has 0 aromatic carbocycles. The summed E-state index contributed by atoms with van der Waals surface area (Å²) >= 11 is 0. The summed E-state index contributed by atoms with van der Waals surface area (Å²) < 4.78 is 0. The fraction of sp³-hybridized carbons (Fsp3) is 0.583. The summed E-state index contributed by atoms with van der Waals surface area (Å²) in [6.07, 6.45) is 1.80. The summed E-state index contributed by atoms with van der Waals surface area (Å²) in [4.78, 5) is 4.31. The van der Waals surface area contributed by atoms with Crippen LogP contribution >= 0.6 is 0 Å². The molecular weight excluding hydrogens is 186 g/mol. The minimum absolute atomic E-state index is 0.0126. The van der Waals surface area contributed by atoms with Crippen LogP contribution in [0.15, 0.2) is 24.4 Å². The molecular formula is C12H21N3. The lowest BCUT2D eigenvalue weighted by molar-refractivity contribution is 0.310. The topological polar surface area (TPSA) is 50.9 Å². The standard InChI is InChI=1S/C12H21N3/c1-9(2)10(8-14-3)12(13)11-6-4-5-7-15-11/h4-7,9-10,12,14H,8,13H2,1-3H3. The first-order valence-electron chi connectivity index (χ1n) is 5.48. The van der Waals surface area contributed by atoms with Crippen LogP contribution in [0.2, 0.25) is 0 Å². The zero-order valence-corrected chi connectivity index (χ0v) is 9.77. The first-order valence-corrected chi connectivity index (χ1v) is 5.48. The molecule has 0 saturated carbocycles. The third kappa shape index (κ3) is 3.29. The maximum atomic E-state index is 6.22. The monoisotopic (exact) mass is 207 g/mol. The minimum atomic E-state index is 0.0126. The lowest BCUT2D eigenvalue weighted by atomic mass is 9.87. The zero-order chi connectivity index (χ0) is 11.3. The highest BCUT2D eigenvalue weighted by atomic mass is 14.9. The molecule has 0 radical (unpaired) electrons. The van der Waals surface area contributed by atoms with Crippen molar-refractivity contribution in [3.8, 4) is 0 Å². The SMILES string of the molecule is CNCC(C(C)C)C(N)c1ccccn1. The van der Waals surface area contributed by atoms with Crippen molar-refractivity contribution in [1.29, 1.82) is 0 Å². The highest BCUT2D eigenvalue weighted by Crippen LogP contribution is 2.23. The van der Waals surface area contributed by atoms with Crippen LogP contribution in [0, 0.1) is 11.8 Å². The molecule has 0 saturated heterocycles. The smallest absolute Gasteiger partial charge is 0.0574 e. The summed E-state index contributed by atoms with van der Waals surface area (Å²) in [5.41, 5.74) is 7.20. The number of aromatic nitrogens is 1. The molecule has 84 valence electrons. The number of hydrogen-bond acceptors (Lipinski definition) is 3. The maximum absolute atomic E-state index is 6.22. The van der Waals surface area contributed by atoms with Crippen molar-refractivity contribution in [3.05, 3.63) is 30.1 Å². The van der Waals surface area contributed by atoms with Crippen LogP contribution in [-0.4, -0.2) is 18.6 Å². The van der Waals surface area contributed by atoms with Gasteiger partial charge in [0.15, 0.2) is 0 Å². The number of hydrogen-bond donors (Lipinski definition) is 2. The third-order valence-electron chi connectivity index (χ3n) is 2.79. The molecule has 3 N–H and O–H groups in total. The highest BCUT2D eigenvalue weighted by Gasteiger charge is 2.22. The first kappa shape index (κ1) is 12.1. The molecule has 15 heavy (non-hydrogen) atoms. The Hall–Kier alpha value is -0.930. The van der Waals surface area contributed by atoms with E-state index in [1.807, 2.05) is 25.2 Å². The predicted molar refractivity (Wildman–Crippen MR) is 63.4 cm³/mol. The van der Waals surface area contributed by atoms with Gasteiger partial charge in [0.2, 0.25) is 0 Å². The van der Waals surface area contributed by atoms with Crippen LogP contribution in [0.25, 0.3) is 0 Å². The van der Waals surface area contributed by atoms with Crippen molar-refractivity contribution in [2.75, 3.05) is 13.6 Å². The van der Waals surface area contributed by atoms with E-state index in [2.05, 4.69) is 24.1 Å². The zero-order valence-electron chi connectivity index (χ0n) is 9.77. The molecule has 0 bridgehead atoms. The molecule has 0 fully saturated rings. The van der Waals surface area contributed by atoms with E-state index in [4.69, 9.17) is 5.73 Å². The Kier molecular flexibility index (Phi) is 4.72. The molecule has 0 aliphatic rings. The Balaban J connectivity index is 2.76. The van der Waals surface area contributed by atoms with E-state index in [1.54, 1.807) is 6.20 Å². The minimum Gasteiger partial charge on any atom is -0.322 e. The second-order valence-corrected chi connectivity index (χ2v) is 4.25. The van der Waals surface area contributed by atoms with Crippen molar-refractivity contribution in [2.45, 2.75) is 19.9 Å². The van der Waals surface area contributed by atoms with E-state index in [1.165, 1.54) is 0 Å². The van der Waals surface area contributed by atoms with E-state index >= 15 is 0 Å². The van der Waals surface area contributed by atoms with Crippen LogP contribution in [0.3, 0.4) is 0 Å². The second kappa shape index (κ2) is 5.83. The van der Waals surface area contributed by atoms with Gasteiger partial charge >= 0.3 is 0 Å². The molecule has 0 spiro atoms. The maximum Gasteiger partial charge on any atom is 0.0574 e. The third-order valence-corrected chi connectivity index (χ3v) is 2.79. The molecule has 0 amide bonds. The lowest BCUT2D eigenvalue weighted by Gasteiger charge is -2.26. The summed E-state index contributed by atoms with van der Waals surface area (Å²) in [7, 11) is 1.96. The van der Waals surface area contributed by atoms with Crippen LogP contribution in [-0.2, 0) is 0 Å². The average Bonchev–Trinajstić information content (AvgIpc) is 2.26. The van der Waals surface area contributed by atoms with Crippen molar-refractivity contribution in [2.24, 2.45) is 17.6 Å². The van der Waals surface area contributed by atoms with Gasteiger partial charge in [-0.3, -0.25) is 4.98 Å². The molecule has 3 nitrogen and oxygen atoms in total. The van der Waals surface area contributed by atoms with Gasteiger partial charge in [-0.1, -0.05) is 19.9 Å². The Morgan fingerprint density at radius 2 is 2.13 bits per heavy atom. The largest absolute Gasteiger partial charge is 0.322 e. The molecule has 2 atom stereocenters. The van der Waals surface area contributed by atoms with Crippen molar-refractivity contribution >= 4 is 0 Å². The predicted octanol–water partition coefficient (Wildman–Crippen LogP) is 1.57. The van der Waals surface area contributed by atoms with Gasteiger partial charge in [-0.05, 0) is 37.6 Å². The van der Waals surface area contributed by atoms with E-state index < -0.39 is 0 Å². The Morgan fingerprint density at radius 1 is 1.40 bits per heavy atom. The number of pyridine rings is 1. The van der Waals surface area contributed by atoms with Gasteiger partial charge in [0, 0.05) is 6.20 Å². The van der Waals surface area contributed by atoms with Gasteiger partial charge in [0.25, 0.3) is 0 Å². The van der Waals surface area contributed by atoms with Crippen molar-refractivity contribution in [3.63, 3.8) is 0 Å². The number of rotatable bonds is 5. The fourth-order valence-electron chi connectivity index (χ4n) is 1.81. The quantitative estimate of drug-likeness (QED) is 0.770.